The summed E-state index contributed by atoms with van der Waals surface area (Å²) in [6, 6.07) is 7.84. The van der Waals surface area contributed by atoms with Gasteiger partial charge in [0, 0.05) is 24.2 Å². The number of rotatable bonds is 7. The van der Waals surface area contributed by atoms with Crippen LogP contribution in [0.3, 0.4) is 0 Å². The first-order chi connectivity index (χ1) is 9.65. The summed E-state index contributed by atoms with van der Waals surface area (Å²) >= 11 is 5.81. The smallest absolute Gasteiger partial charge is 0.0897 e. The molecule has 0 aliphatic carbocycles. The molecule has 1 saturated heterocycles. The summed E-state index contributed by atoms with van der Waals surface area (Å²) in [4.78, 5) is 0. The fourth-order valence-corrected chi connectivity index (χ4v) is 2.37. The first-order valence-electron chi connectivity index (χ1n) is 7.00. The number of halogens is 1. The summed E-state index contributed by atoms with van der Waals surface area (Å²) < 4.78 is 11.0. The molecule has 0 amide bonds. The van der Waals surface area contributed by atoms with E-state index in [1.165, 1.54) is 0 Å². The van der Waals surface area contributed by atoms with E-state index >= 15 is 0 Å². The molecule has 3 atom stereocenters. The molecule has 1 aliphatic heterocycles. The van der Waals surface area contributed by atoms with Gasteiger partial charge in [-0.3, -0.25) is 0 Å². The zero-order chi connectivity index (χ0) is 14.4. The third-order valence-electron chi connectivity index (χ3n) is 3.48. The average molecular weight is 300 g/mol. The topological polar surface area (TPSA) is 50.7 Å². The Bertz CT molecular complexity index is 399. The minimum atomic E-state index is -0.505. The Morgan fingerprint density at radius 1 is 1.45 bits per heavy atom. The molecular formula is C15H22ClNO3. The Kier molecular flexibility index (Phi) is 6.26. The van der Waals surface area contributed by atoms with Crippen LogP contribution in [0.5, 0.6) is 0 Å². The first kappa shape index (κ1) is 15.7. The molecule has 4 nitrogen and oxygen atoms in total. The summed E-state index contributed by atoms with van der Waals surface area (Å²) in [5.41, 5.74) is 1.05. The molecule has 1 aromatic carbocycles. The van der Waals surface area contributed by atoms with Crippen LogP contribution in [0.25, 0.3) is 0 Å². The van der Waals surface area contributed by atoms with Gasteiger partial charge in [-0.1, -0.05) is 23.7 Å². The van der Waals surface area contributed by atoms with Gasteiger partial charge >= 0.3 is 0 Å². The van der Waals surface area contributed by atoms with E-state index in [0.29, 0.717) is 30.8 Å². The van der Waals surface area contributed by atoms with Gasteiger partial charge in [0.25, 0.3) is 0 Å². The molecule has 0 spiro atoms. The molecule has 2 N–H and O–H groups in total. The zero-order valence-corrected chi connectivity index (χ0v) is 12.5. The molecule has 1 heterocycles. The highest BCUT2D eigenvalue weighted by Crippen LogP contribution is 2.12. The molecule has 1 aromatic rings. The molecule has 1 aliphatic rings. The highest BCUT2D eigenvalue weighted by atomic mass is 35.5. The van der Waals surface area contributed by atoms with Crippen molar-refractivity contribution in [1.82, 2.24) is 5.32 Å². The second kappa shape index (κ2) is 7.96. The first-order valence-corrected chi connectivity index (χ1v) is 7.38. The quantitative estimate of drug-likeness (QED) is 0.808. The average Bonchev–Trinajstić information content (AvgIpc) is 2.84. The maximum absolute atomic E-state index is 9.87. The van der Waals surface area contributed by atoms with Crippen LogP contribution in [0.1, 0.15) is 18.9 Å². The molecule has 112 valence electrons. The van der Waals surface area contributed by atoms with Crippen LogP contribution in [0.4, 0.5) is 0 Å². The Balaban J connectivity index is 1.60. The predicted molar refractivity (Wildman–Crippen MR) is 78.9 cm³/mol. The van der Waals surface area contributed by atoms with Crippen LogP contribution < -0.4 is 5.32 Å². The van der Waals surface area contributed by atoms with Crippen molar-refractivity contribution in [2.75, 3.05) is 19.8 Å². The van der Waals surface area contributed by atoms with Crippen LogP contribution in [0.2, 0.25) is 5.02 Å². The number of ether oxygens (including phenoxy) is 2. The maximum atomic E-state index is 9.87. The second-order valence-electron chi connectivity index (χ2n) is 5.17. The lowest BCUT2D eigenvalue weighted by Gasteiger charge is -2.18. The Morgan fingerprint density at radius 3 is 2.85 bits per heavy atom. The molecule has 3 unspecified atom stereocenters. The molecule has 0 bridgehead atoms. The molecule has 0 aromatic heterocycles. The van der Waals surface area contributed by atoms with Gasteiger partial charge in [0.15, 0.2) is 0 Å². The fraction of sp³-hybridized carbons (Fsp3) is 0.600. The van der Waals surface area contributed by atoms with Crippen LogP contribution >= 0.6 is 11.6 Å². The number of benzene rings is 1. The third-order valence-corrected chi connectivity index (χ3v) is 3.74. The van der Waals surface area contributed by atoms with Gasteiger partial charge in [-0.2, -0.15) is 0 Å². The molecule has 2 rings (SSSR count). The predicted octanol–water partition coefficient (Wildman–Crippen LogP) is 1.98. The highest BCUT2D eigenvalue weighted by Gasteiger charge is 2.23. The number of hydrogen-bond donors (Lipinski definition) is 2. The highest BCUT2D eigenvalue weighted by molar-refractivity contribution is 6.30. The van der Waals surface area contributed by atoms with Gasteiger partial charge in [-0.15, -0.1) is 0 Å². The van der Waals surface area contributed by atoms with Crippen LogP contribution in [-0.4, -0.2) is 43.1 Å². The lowest BCUT2D eigenvalue weighted by Crippen LogP contribution is -2.40. The molecule has 1 fully saturated rings. The minimum Gasteiger partial charge on any atom is -0.389 e. The summed E-state index contributed by atoms with van der Waals surface area (Å²) in [7, 11) is 0. The molecule has 20 heavy (non-hydrogen) atoms. The molecule has 0 saturated carbocycles. The van der Waals surface area contributed by atoms with E-state index in [-0.39, 0.29) is 6.10 Å². The number of nitrogens with one attached hydrogen (secondary N) is 1. The Morgan fingerprint density at radius 2 is 2.20 bits per heavy atom. The standard InChI is InChI=1S/C15H22ClNO3/c1-11-15(6-7-20-11)17-8-14(18)10-19-9-12-2-4-13(16)5-3-12/h2-5,11,14-15,17-18H,6-10H2,1H3. The largest absolute Gasteiger partial charge is 0.389 e. The van der Waals surface area contributed by atoms with Crippen LogP contribution in [0, 0.1) is 0 Å². The van der Waals surface area contributed by atoms with Crippen molar-refractivity contribution in [3.8, 4) is 0 Å². The maximum Gasteiger partial charge on any atom is 0.0897 e. The zero-order valence-electron chi connectivity index (χ0n) is 11.7. The lowest BCUT2D eigenvalue weighted by atomic mass is 10.1. The second-order valence-corrected chi connectivity index (χ2v) is 5.61. The van der Waals surface area contributed by atoms with E-state index in [1.54, 1.807) is 0 Å². The van der Waals surface area contributed by atoms with E-state index < -0.39 is 6.10 Å². The number of aliphatic hydroxyl groups is 1. The van der Waals surface area contributed by atoms with Gasteiger partial charge in [0.1, 0.15) is 0 Å². The van der Waals surface area contributed by atoms with Gasteiger partial charge in [-0.05, 0) is 31.0 Å². The van der Waals surface area contributed by atoms with Gasteiger partial charge in [0.05, 0.1) is 25.4 Å². The summed E-state index contributed by atoms with van der Waals surface area (Å²) in [5.74, 6) is 0. The van der Waals surface area contributed by atoms with Crippen molar-refractivity contribution < 1.29 is 14.6 Å². The number of hydrogen-bond acceptors (Lipinski definition) is 4. The van der Waals surface area contributed by atoms with Crippen molar-refractivity contribution in [2.24, 2.45) is 0 Å². The Hall–Kier alpha value is -0.650. The minimum absolute atomic E-state index is 0.220. The third kappa shape index (κ3) is 5.04. The summed E-state index contributed by atoms with van der Waals surface area (Å²) in [5, 5.41) is 13.9. The monoisotopic (exact) mass is 299 g/mol. The SMILES string of the molecule is CC1OCCC1NCC(O)COCc1ccc(Cl)cc1. The van der Waals surface area contributed by atoms with Crippen molar-refractivity contribution in [2.45, 2.75) is 38.2 Å². The van der Waals surface area contributed by atoms with E-state index in [1.807, 2.05) is 31.2 Å². The van der Waals surface area contributed by atoms with Crippen molar-refractivity contribution in [3.05, 3.63) is 34.9 Å². The lowest BCUT2D eigenvalue weighted by molar-refractivity contribution is 0.0259. The van der Waals surface area contributed by atoms with Crippen molar-refractivity contribution in [1.29, 1.82) is 0 Å². The van der Waals surface area contributed by atoms with Gasteiger partial charge < -0.3 is 19.9 Å². The normalized spacial score (nSPS) is 23.9. The van der Waals surface area contributed by atoms with E-state index in [9.17, 15) is 5.11 Å². The summed E-state index contributed by atoms with van der Waals surface area (Å²) in [6.07, 6.45) is 0.715. The van der Waals surface area contributed by atoms with E-state index in [4.69, 9.17) is 21.1 Å². The molecule has 5 heteroatoms. The molecular weight excluding hydrogens is 278 g/mol. The Labute approximate surface area is 125 Å². The fourth-order valence-electron chi connectivity index (χ4n) is 2.24. The van der Waals surface area contributed by atoms with Crippen LogP contribution in [-0.2, 0) is 16.1 Å². The van der Waals surface area contributed by atoms with Crippen LogP contribution in [0.15, 0.2) is 24.3 Å². The van der Waals surface area contributed by atoms with E-state index in [0.717, 1.165) is 18.6 Å². The van der Waals surface area contributed by atoms with E-state index in [2.05, 4.69) is 5.32 Å². The summed E-state index contributed by atoms with van der Waals surface area (Å²) in [6.45, 7) is 4.17. The van der Waals surface area contributed by atoms with Gasteiger partial charge in [-0.25, -0.2) is 0 Å². The number of aliphatic hydroxyl groups excluding tert-OH is 1. The van der Waals surface area contributed by atoms with Gasteiger partial charge in [0.2, 0.25) is 0 Å². The molecule has 0 radical (unpaired) electrons. The van der Waals surface area contributed by atoms with Crippen molar-refractivity contribution in [3.63, 3.8) is 0 Å². The van der Waals surface area contributed by atoms with Crippen molar-refractivity contribution >= 4 is 11.6 Å².